The van der Waals surface area contributed by atoms with Crippen molar-refractivity contribution in [3.8, 4) is 5.75 Å². The molecule has 1 aromatic rings. The van der Waals surface area contributed by atoms with Crippen LogP contribution in [0.15, 0.2) is 18.2 Å². The molecule has 1 amide bonds. The van der Waals surface area contributed by atoms with Crippen molar-refractivity contribution in [3.63, 3.8) is 0 Å². The van der Waals surface area contributed by atoms with E-state index in [0.717, 1.165) is 24.0 Å². The van der Waals surface area contributed by atoms with Gasteiger partial charge in [-0.3, -0.25) is 4.79 Å². The summed E-state index contributed by atoms with van der Waals surface area (Å²) in [6.45, 7) is 5.03. The van der Waals surface area contributed by atoms with Gasteiger partial charge in [0.2, 0.25) is 0 Å². The quantitative estimate of drug-likeness (QED) is 0.867. The molecule has 1 atom stereocenters. The van der Waals surface area contributed by atoms with Crippen molar-refractivity contribution < 1.29 is 19.4 Å². The summed E-state index contributed by atoms with van der Waals surface area (Å²) in [6.07, 6.45) is 1.20. The molecule has 0 saturated carbocycles. The van der Waals surface area contributed by atoms with Gasteiger partial charge in [-0.05, 0) is 49.9 Å². The molecule has 1 aromatic carbocycles. The maximum absolute atomic E-state index is 11.9. The van der Waals surface area contributed by atoms with Crippen LogP contribution >= 0.6 is 0 Å². The summed E-state index contributed by atoms with van der Waals surface area (Å²) in [5, 5.41) is 12.5. The Morgan fingerprint density at radius 1 is 1.48 bits per heavy atom. The summed E-state index contributed by atoms with van der Waals surface area (Å²) in [5.74, 6) is 0.558. The molecule has 1 aliphatic heterocycles. The smallest absolute Gasteiger partial charge is 0.258 e. The topological polar surface area (TPSA) is 67.8 Å². The minimum Gasteiger partial charge on any atom is -0.484 e. The predicted molar refractivity (Wildman–Crippen MR) is 79.3 cm³/mol. The lowest BCUT2D eigenvalue weighted by molar-refractivity contribution is -0.124. The first-order valence-corrected chi connectivity index (χ1v) is 7.35. The predicted octanol–water partition coefficient (Wildman–Crippen LogP) is 1.72. The van der Waals surface area contributed by atoms with Crippen molar-refractivity contribution in [2.75, 3.05) is 19.8 Å². The molecule has 1 aliphatic rings. The fourth-order valence-corrected chi connectivity index (χ4v) is 2.35. The summed E-state index contributed by atoms with van der Waals surface area (Å²) >= 11 is 0. The Morgan fingerprint density at radius 2 is 2.19 bits per heavy atom. The highest BCUT2D eigenvalue weighted by molar-refractivity contribution is 5.77. The van der Waals surface area contributed by atoms with Gasteiger partial charge in [0.15, 0.2) is 6.61 Å². The van der Waals surface area contributed by atoms with Crippen molar-refractivity contribution in [1.29, 1.82) is 0 Å². The molecule has 0 radical (unpaired) electrons. The van der Waals surface area contributed by atoms with E-state index in [1.54, 1.807) is 13.0 Å². The average Bonchev–Trinajstić information content (AvgIpc) is 2.47. The van der Waals surface area contributed by atoms with E-state index in [1.165, 1.54) is 0 Å². The van der Waals surface area contributed by atoms with Gasteiger partial charge in [0.05, 0.1) is 6.10 Å². The zero-order chi connectivity index (χ0) is 15.2. The van der Waals surface area contributed by atoms with Crippen LogP contribution in [0.1, 0.15) is 37.0 Å². The summed E-state index contributed by atoms with van der Waals surface area (Å²) < 4.78 is 10.8. The molecule has 1 saturated heterocycles. The third-order valence-electron chi connectivity index (χ3n) is 3.63. The van der Waals surface area contributed by atoms with Crippen LogP contribution in [0, 0.1) is 6.92 Å². The summed E-state index contributed by atoms with van der Waals surface area (Å²) in [4.78, 5) is 11.9. The second kappa shape index (κ2) is 7.43. The fraction of sp³-hybridized carbons (Fsp3) is 0.562. The lowest BCUT2D eigenvalue weighted by Crippen LogP contribution is -2.41. The summed E-state index contributed by atoms with van der Waals surface area (Å²) in [7, 11) is 0. The summed E-state index contributed by atoms with van der Waals surface area (Å²) in [5.41, 5.74) is 1.75. The van der Waals surface area contributed by atoms with Crippen LogP contribution in [0.4, 0.5) is 0 Å². The first-order valence-electron chi connectivity index (χ1n) is 7.35. The number of hydrogen-bond acceptors (Lipinski definition) is 4. The number of benzene rings is 1. The molecular weight excluding hydrogens is 270 g/mol. The van der Waals surface area contributed by atoms with Crippen LogP contribution < -0.4 is 10.1 Å². The standard InChI is InChI=1S/C16H23NO4/c1-11-9-13(12(2)18)3-4-15(11)21-10-16(19)17-14-5-7-20-8-6-14/h3-4,9,12,14,18H,5-8,10H2,1-2H3,(H,17,19). The lowest BCUT2D eigenvalue weighted by atomic mass is 10.1. The van der Waals surface area contributed by atoms with E-state index in [9.17, 15) is 9.90 Å². The first-order chi connectivity index (χ1) is 10.1. The Labute approximate surface area is 125 Å². The number of carbonyl (C=O) groups excluding carboxylic acids is 1. The van der Waals surface area contributed by atoms with Gasteiger partial charge in [-0.2, -0.15) is 0 Å². The molecular formula is C16H23NO4. The largest absolute Gasteiger partial charge is 0.484 e. The van der Waals surface area contributed by atoms with Gasteiger partial charge in [0.25, 0.3) is 5.91 Å². The second-order valence-corrected chi connectivity index (χ2v) is 5.44. The molecule has 5 heteroatoms. The van der Waals surface area contributed by atoms with Crippen LogP contribution in [-0.2, 0) is 9.53 Å². The Hall–Kier alpha value is -1.59. The lowest BCUT2D eigenvalue weighted by Gasteiger charge is -2.23. The van der Waals surface area contributed by atoms with E-state index in [-0.39, 0.29) is 18.6 Å². The van der Waals surface area contributed by atoms with E-state index in [4.69, 9.17) is 9.47 Å². The molecule has 116 valence electrons. The van der Waals surface area contributed by atoms with Crippen LogP contribution in [-0.4, -0.2) is 36.9 Å². The van der Waals surface area contributed by atoms with E-state index < -0.39 is 6.10 Å². The normalized spacial score (nSPS) is 17.3. The molecule has 1 unspecified atom stereocenters. The molecule has 0 bridgehead atoms. The molecule has 1 heterocycles. The zero-order valence-electron chi connectivity index (χ0n) is 12.6. The van der Waals surface area contributed by atoms with Crippen LogP contribution in [0.25, 0.3) is 0 Å². The van der Waals surface area contributed by atoms with Crippen molar-refractivity contribution in [3.05, 3.63) is 29.3 Å². The third-order valence-corrected chi connectivity index (χ3v) is 3.63. The van der Waals surface area contributed by atoms with Gasteiger partial charge in [-0.15, -0.1) is 0 Å². The molecule has 0 spiro atoms. The van der Waals surface area contributed by atoms with Crippen LogP contribution in [0.5, 0.6) is 5.75 Å². The van der Waals surface area contributed by atoms with Crippen LogP contribution in [0.3, 0.4) is 0 Å². The monoisotopic (exact) mass is 293 g/mol. The Kier molecular flexibility index (Phi) is 5.59. The highest BCUT2D eigenvalue weighted by atomic mass is 16.5. The molecule has 5 nitrogen and oxygen atoms in total. The van der Waals surface area contributed by atoms with Crippen molar-refractivity contribution >= 4 is 5.91 Å². The van der Waals surface area contributed by atoms with Gasteiger partial charge in [-0.1, -0.05) is 6.07 Å². The zero-order valence-corrected chi connectivity index (χ0v) is 12.6. The van der Waals surface area contributed by atoms with E-state index in [0.29, 0.717) is 19.0 Å². The number of hydrogen-bond donors (Lipinski definition) is 2. The highest BCUT2D eigenvalue weighted by Crippen LogP contribution is 2.22. The maximum Gasteiger partial charge on any atom is 0.258 e. The summed E-state index contributed by atoms with van der Waals surface area (Å²) in [6, 6.07) is 5.66. The van der Waals surface area contributed by atoms with Gasteiger partial charge in [-0.25, -0.2) is 0 Å². The molecule has 0 aromatic heterocycles. The minimum absolute atomic E-state index is 0.00617. The Balaban J connectivity index is 1.83. The van der Waals surface area contributed by atoms with E-state index in [1.807, 2.05) is 19.1 Å². The number of aryl methyl sites for hydroxylation is 1. The van der Waals surface area contributed by atoms with Crippen molar-refractivity contribution in [2.45, 2.75) is 38.8 Å². The number of carbonyl (C=O) groups is 1. The van der Waals surface area contributed by atoms with Crippen molar-refractivity contribution in [2.24, 2.45) is 0 Å². The Morgan fingerprint density at radius 3 is 2.81 bits per heavy atom. The van der Waals surface area contributed by atoms with Gasteiger partial charge >= 0.3 is 0 Å². The third kappa shape index (κ3) is 4.72. The average molecular weight is 293 g/mol. The molecule has 21 heavy (non-hydrogen) atoms. The SMILES string of the molecule is Cc1cc(C(C)O)ccc1OCC(=O)NC1CCOCC1. The Bertz CT molecular complexity index is 481. The second-order valence-electron chi connectivity index (χ2n) is 5.44. The fourth-order valence-electron chi connectivity index (χ4n) is 2.35. The van der Waals surface area contributed by atoms with Crippen LogP contribution in [0.2, 0.25) is 0 Å². The maximum atomic E-state index is 11.9. The number of aliphatic hydroxyl groups is 1. The van der Waals surface area contributed by atoms with Gasteiger partial charge in [0, 0.05) is 19.3 Å². The number of rotatable bonds is 5. The van der Waals surface area contributed by atoms with Crippen molar-refractivity contribution in [1.82, 2.24) is 5.32 Å². The molecule has 2 N–H and O–H groups in total. The first kappa shape index (κ1) is 15.8. The molecule has 2 rings (SSSR count). The molecule has 1 fully saturated rings. The number of aliphatic hydroxyl groups excluding tert-OH is 1. The number of ether oxygens (including phenoxy) is 2. The van der Waals surface area contributed by atoms with E-state index in [2.05, 4.69) is 5.32 Å². The van der Waals surface area contributed by atoms with E-state index >= 15 is 0 Å². The number of amides is 1. The highest BCUT2D eigenvalue weighted by Gasteiger charge is 2.16. The number of nitrogens with one attached hydrogen (secondary N) is 1. The van der Waals surface area contributed by atoms with Gasteiger partial charge < -0.3 is 19.9 Å². The minimum atomic E-state index is -0.505. The molecule has 0 aliphatic carbocycles. The van der Waals surface area contributed by atoms with Gasteiger partial charge in [0.1, 0.15) is 5.75 Å².